The summed E-state index contributed by atoms with van der Waals surface area (Å²) in [6.07, 6.45) is 3.67. The van der Waals surface area contributed by atoms with Crippen molar-refractivity contribution in [2.75, 3.05) is 29.0 Å². The van der Waals surface area contributed by atoms with Crippen molar-refractivity contribution < 1.29 is 9.90 Å². The van der Waals surface area contributed by atoms with Crippen molar-refractivity contribution in [2.45, 2.75) is 26.2 Å². The lowest BCUT2D eigenvalue weighted by atomic mass is 9.97. The lowest BCUT2D eigenvalue weighted by Crippen LogP contribution is -2.37. The highest BCUT2D eigenvalue weighted by Crippen LogP contribution is 2.31. The van der Waals surface area contributed by atoms with Gasteiger partial charge in [0, 0.05) is 18.8 Å². The predicted octanol–water partition coefficient (Wildman–Crippen LogP) is 2.67. The fourth-order valence-corrected chi connectivity index (χ4v) is 3.04. The Morgan fingerprint density at radius 1 is 1.28 bits per heavy atom. The van der Waals surface area contributed by atoms with E-state index < -0.39 is 5.97 Å². The van der Waals surface area contributed by atoms with Gasteiger partial charge in [0.25, 0.3) is 0 Å². The van der Waals surface area contributed by atoms with E-state index >= 15 is 0 Å². The molecule has 132 valence electrons. The van der Waals surface area contributed by atoms with Crippen LogP contribution in [-0.4, -0.2) is 34.1 Å². The van der Waals surface area contributed by atoms with Gasteiger partial charge < -0.3 is 21.1 Å². The number of nitrogens with two attached hydrogens (primary N) is 1. The number of aliphatic carboxylic acids is 1. The van der Waals surface area contributed by atoms with Crippen LogP contribution in [-0.2, 0) is 11.2 Å². The average Bonchev–Trinajstić information content (AvgIpc) is 2.64. The van der Waals surface area contributed by atoms with E-state index in [1.54, 1.807) is 0 Å². The molecular weight excluding hydrogens is 318 g/mol. The van der Waals surface area contributed by atoms with Crippen LogP contribution >= 0.6 is 0 Å². The second kappa shape index (κ2) is 7.38. The fraction of sp³-hybridized carbons (Fsp3) is 0.389. The van der Waals surface area contributed by atoms with Gasteiger partial charge in [0.1, 0.15) is 12.0 Å². The first kappa shape index (κ1) is 17.0. The molecule has 7 nitrogen and oxygen atoms in total. The van der Waals surface area contributed by atoms with Crippen molar-refractivity contribution in [3.63, 3.8) is 0 Å². The highest BCUT2D eigenvalue weighted by Gasteiger charge is 2.26. The lowest BCUT2D eigenvalue weighted by molar-refractivity contribution is -0.142. The maximum absolute atomic E-state index is 11.1. The van der Waals surface area contributed by atoms with Gasteiger partial charge >= 0.3 is 5.97 Å². The van der Waals surface area contributed by atoms with Gasteiger partial charge in [-0.3, -0.25) is 4.79 Å². The number of piperidine rings is 1. The van der Waals surface area contributed by atoms with Crippen LogP contribution < -0.4 is 16.0 Å². The first-order valence-corrected chi connectivity index (χ1v) is 8.52. The number of aromatic nitrogens is 2. The summed E-state index contributed by atoms with van der Waals surface area (Å²) >= 11 is 0. The minimum atomic E-state index is -0.729. The third kappa shape index (κ3) is 3.81. The van der Waals surface area contributed by atoms with Gasteiger partial charge in [-0.05, 0) is 37.0 Å². The molecule has 0 radical (unpaired) electrons. The van der Waals surface area contributed by atoms with Crippen LogP contribution in [0.15, 0.2) is 30.6 Å². The van der Waals surface area contributed by atoms with Gasteiger partial charge in [0.15, 0.2) is 11.6 Å². The number of carboxylic acid groups (broad SMARTS) is 1. The molecule has 0 amide bonds. The smallest absolute Gasteiger partial charge is 0.306 e. The van der Waals surface area contributed by atoms with Crippen LogP contribution in [0.25, 0.3) is 0 Å². The highest BCUT2D eigenvalue weighted by atomic mass is 16.4. The average molecular weight is 341 g/mol. The summed E-state index contributed by atoms with van der Waals surface area (Å²) in [5, 5.41) is 12.3. The quantitative estimate of drug-likeness (QED) is 0.768. The number of carbonyl (C=O) groups is 1. The van der Waals surface area contributed by atoms with E-state index in [9.17, 15) is 4.79 Å². The Balaban J connectivity index is 1.74. The molecule has 0 atom stereocenters. The van der Waals surface area contributed by atoms with Gasteiger partial charge in [-0.2, -0.15) is 0 Å². The standard InChI is InChI=1S/C18H23N5O2/c1-2-12-3-5-14(6-4-12)22-16-15(19)17(21-11-20-16)23-9-7-13(8-10-23)18(24)25/h3-6,11,13H,2,7-10,19H2,1H3,(H,24,25)(H,20,21,22). The van der Waals surface area contributed by atoms with E-state index in [4.69, 9.17) is 10.8 Å². The van der Waals surface area contributed by atoms with Gasteiger partial charge in [0.05, 0.1) is 5.92 Å². The Hall–Kier alpha value is -2.83. The number of aryl methyl sites for hydroxylation is 1. The molecule has 0 spiro atoms. The Labute approximate surface area is 146 Å². The molecule has 0 bridgehead atoms. The first-order valence-electron chi connectivity index (χ1n) is 8.52. The van der Waals surface area contributed by atoms with E-state index in [0.717, 1.165) is 12.1 Å². The summed E-state index contributed by atoms with van der Waals surface area (Å²) in [7, 11) is 0. The molecule has 0 saturated carbocycles. The number of nitrogen functional groups attached to an aromatic ring is 1. The van der Waals surface area contributed by atoms with Crippen molar-refractivity contribution in [1.82, 2.24) is 9.97 Å². The fourth-order valence-electron chi connectivity index (χ4n) is 3.04. The van der Waals surface area contributed by atoms with E-state index in [2.05, 4.69) is 34.3 Å². The molecule has 1 aromatic heterocycles. The maximum Gasteiger partial charge on any atom is 0.306 e. The van der Waals surface area contributed by atoms with Crippen LogP contribution in [0.3, 0.4) is 0 Å². The van der Waals surface area contributed by atoms with E-state index in [1.165, 1.54) is 11.9 Å². The summed E-state index contributed by atoms with van der Waals surface area (Å²) < 4.78 is 0. The Kier molecular flexibility index (Phi) is 5.02. The van der Waals surface area contributed by atoms with Crippen molar-refractivity contribution >= 4 is 29.0 Å². The lowest BCUT2D eigenvalue weighted by Gasteiger charge is -2.31. The minimum absolute atomic E-state index is 0.283. The van der Waals surface area contributed by atoms with E-state index in [-0.39, 0.29) is 5.92 Å². The predicted molar refractivity (Wildman–Crippen MR) is 98.1 cm³/mol. The number of anilines is 4. The minimum Gasteiger partial charge on any atom is -0.481 e. The van der Waals surface area contributed by atoms with Crippen LogP contribution in [0.2, 0.25) is 0 Å². The van der Waals surface area contributed by atoms with Crippen LogP contribution in [0.5, 0.6) is 0 Å². The maximum atomic E-state index is 11.1. The molecule has 25 heavy (non-hydrogen) atoms. The molecule has 1 aliphatic rings. The first-order chi connectivity index (χ1) is 12.1. The number of hydrogen-bond acceptors (Lipinski definition) is 6. The van der Waals surface area contributed by atoms with Crippen LogP contribution in [0.1, 0.15) is 25.3 Å². The number of nitrogens with zero attached hydrogens (tertiary/aromatic N) is 3. The zero-order chi connectivity index (χ0) is 17.8. The summed E-state index contributed by atoms with van der Waals surface area (Å²) in [4.78, 5) is 21.7. The van der Waals surface area contributed by atoms with Gasteiger partial charge in [-0.25, -0.2) is 9.97 Å². The zero-order valence-corrected chi connectivity index (χ0v) is 14.3. The van der Waals surface area contributed by atoms with Crippen molar-refractivity contribution in [1.29, 1.82) is 0 Å². The third-order valence-corrected chi connectivity index (χ3v) is 4.63. The summed E-state index contributed by atoms with van der Waals surface area (Å²) in [6.45, 7) is 3.37. The monoisotopic (exact) mass is 341 g/mol. The molecule has 7 heteroatoms. The Morgan fingerprint density at radius 3 is 2.56 bits per heavy atom. The Morgan fingerprint density at radius 2 is 1.96 bits per heavy atom. The molecule has 3 rings (SSSR count). The molecular formula is C18H23N5O2. The van der Waals surface area contributed by atoms with E-state index in [0.29, 0.717) is 43.3 Å². The molecule has 1 aromatic carbocycles. The van der Waals surface area contributed by atoms with Crippen LogP contribution in [0, 0.1) is 5.92 Å². The summed E-state index contributed by atoms with van der Waals surface area (Å²) in [5.41, 5.74) is 8.93. The molecule has 1 aliphatic heterocycles. The molecule has 0 aliphatic carbocycles. The second-order valence-electron chi connectivity index (χ2n) is 6.23. The number of rotatable bonds is 5. The van der Waals surface area contributed by atoms with Crippen molar-refractivity contribution in [2.24, 2.45) is 5.92 Å². The van der Waals surface area contributed by atoms with Crippen LogP contribution in [0.4, 0.5) is 23.0 Å². The topological polar surface area (TPSA) is 104 Å². The number of benzene rings is 1. The number of nitrogens with one attached hydrogen (secondary N) is 1. The second-order valence-corrected chi connectivity index (χ2v) is 6.23. The van der Waals surface area contributed by atoms with Gasteiger partial charge in [-0.1, -0.05) is 19.1 Å². The van der Waals surface area contributed by atoms with Crippen molar-refractivity contribution in [3.05, 3.63) is 36.2 Å². The third-order valence-electron chi connectivity index (χ3n) is 4.63. The van der Waals surface area contributed by atoms with E-state index in [1.807, 2.05) is 17.0 Å². The molecule has 2 aromatic rings. The summed E-state index contributed by atoms with van der Waals surface area (Å²) in [6, 6.07) is 8.13. The Bertz CT molecular complexity index is 740. The molecule has 1 saturated heterocycles. The molecule has 0 unspecified atom stereocenters. The molecule has 4 N–H and O–H groups in total. The van der Waals surface area contributed by atoms with Gasteiger partial charge in [-0.15, -0.1) is 0 Å². The highest BCUT2D eigenvalue weighted by molar-refractivity contribution is 5.78. The van der Waals surface area contributed by atoms with Gasteiger partial charge in [0.2, 0.25) is 0 Å². The SMILES string of the molecule is CCc1ccc(Nc2ncnc(N3CCC(C(=O)O)CC3)c2N)cc1. The largest absolute Gasteiger partial charge is 0.481 e. The number of carboxylic acids is 1. The number of hydrogen-bond donors (Lipinski definition) is 3. The molecule has 2 heterocycles. The normalized spacial score (nSPS) is 15.2. The zero-order valence-electron chi connectivity index (χ0n) is 14.3. The van der Waals surface area contributed by atoms with Crippen molar-refractivity contribution in [3.8, 4) is 0 Å². The molecule has 1 fully saturated rings. The summed E-state index contributed by atoms with van der Waals surface area (Å²) in [5.74, 6) is 0.211.